The second kappa shape index (κ2) is 6.44. The van der Waals surface area contributed by atoms with Crippen molar-refractivity contribution < 1.29 is 9.32 Å². The quantitative estimate of drug-likeness (QED) is 0.803. The van der Waals surface area contributed by atoms with E-state index in [2.05, 4.69) is 15.5 Å². The Labute approximate surface area is 134 Å². The standard InChI is InChI=1S/C18H17N3O2/c1-12-7-6-10-15(20-12)11-19-18(22)16-13(2)23-21-17(16)14-8-4-3-5-9-14/h3-10H,11H2,1-2H3,(H,19,22). The third-order valence-corrected chi connectivity index (χ3v) is 3.51. The monoisotopic (exact) mass is 307 g/mol. The molecule has 0 aliphatic rings. The summed E-state index contributed by atoms with van der Waals surface area (Å²) in [4.78, 5) is 16.9. The molecule has 0 spiro atoms. The molecule has 0 bridgehead atoms. The second-order valence-electron chi connectivity index (χ2n) is 5.28. The molecule has 0 saturated carbocycles. The first-order chi connectivity index (χ1) is 11.1. The minimum atomic E-state index is -0.217. The van der Waals surface area contributed by atoms with E-state index in [9.17, 15) is 4.79 Å². The Morgan fingerprint density at radius 2 is 1.87 bits per heavy atom. The Kier molecular flexibility index (Phi) is 4.19. The number of aryl methyl sites for hydroxylation is 2. The molecular formula is C18H17N3O2. The predicted molar refractivity (Wildman–Crippen MR) is 86.8 cm³/mol. The summed E-state index contributed by atoms with van der Waals surface area (Å²) in [5.74, 6) is 0.282. The molecule has 2 aromatic heterocycles. The summed E-state index contributed by atoms with van der Waals surface area (Å²) in [5.41, 5.74) is 3.60. The van der Waals surface area contributed by atoms with E-state index in [0.29, 0.717) is 23.6 Å². The van der Waals surface area contributed by atoms with Crippen LogP contribution in [0.1, 0.15) is 27.5 Å². The Hall–Kier alpha value is -2.95. The Morgan fingerprint density at radius 3 is 2.61 bits per heavy atom. The maximum absolute atomic E-state index is 12.5. The lowest BCUT2D eigenvalue weighted by Gasteiger charge is -2.06. The molecule has 0 atom stereocenters. The van der Waals surface area contributed by atoms with Crippen LogP contribution in [0.2, 0.25) is 0 Å². The highest BCUT2D eigenvalue weighted by atomic mass is 16.5. The van der Waals surface area contributed by atoms with Gasteiger partial charge >= 0.3 is 0 Å². The van der Waals surface area contributed by atoms with E-state index in [4.69, 9.17) is 4.52 Å². The maximum atomic E-state index is 12.5. The van der Waals surface area contributed by atoms with Gasteiger partial charge in [-0.3, -0.25) is 9.78 Å². The summed E-state index contributed by atoms with van der Waals surface area (Å²) < 4.78 is 5.22. The summed E-state index contributed by atoms with van der Waals surface area (Å²) in [7, 11) is 0. The zero-order valence-corrected chi connectivity index (χ0v) is 13.0. The van der Waals surface area contributed by atoms with E-state index in [1.54, 1.807) is 6.92 Å². The molecule has 1 aromatic carbocycles. The number of nitrogens with one attached hydrogen (secondary N) is 1. The molecule has 3 aromatic rings. The van der Waals surface area contributed by atoms with E-state index < -0.39 is 0 Å². The molecule has 5 nitrogen and oxygen atoms in total. The van der Waals surface area contributed by atoms with Crippen molar-refractivity contribution in [1.82, 2.24) is 15.5 Å². The highest BCUT2D eigenvalue weighted by Gasteiger charge is 2.21. The molecule has 2 heterocycles. The summed E-state index contributed by atoms with van der Waals surface area (Å²) in [6.45, 7) is 4.02. The van der Waals surface area contributed by atoms with Gasteiger partial charge in [0.25, 0.3) is 5.91 Å². The highest BCUT2D eigenvalue weighted by molar-refractivity contribution is 6.00. The highest BCUT2D eigenvalue weighted by Crippen LogP contribution is 2.24. The van der Waals surface area contributed by atoms with Gasteiger partial charge in [-0.25, -0.2) is 0 Å². The number of aromatic nitrogens is 2. The summed E-state index contributed by atoms with van der Waals surface area (Å²) in [6, 6.07) is 15.2. The van der Waals surface area contributed by atoms with Crippen molar-refractivity contribution in [2.24, 2.45) is 0 Å². The van der Waals surface area contributed by atoms with Crippen molar-refractivity contribution in [2.75, 3.05) is 0 Å². The predicted octanol–water partition coefficient (Wildman–Crippen LogP) is 3.28. The molecule has 5 heteroatoms. The van der Waals surface area contributed by atoms with Crippen LogP contribution >= 0.6 is 0 Å². The van der Waals surface area contributed by atoms with E-state index >= 15 is 0 Å². The Morgan fingerprint density at radius 1 is 1.09 bits per heavy atom. The lowest BCUT2D eigenvalue weighted by molar-refractivity contribution is 0.0949. The van der Waals surface area contributed by atoms with E-state index in [0.717, 1.165) is 17.0 Å². The number of pyridine rings is 1. The van der Waals surface area contributed by atoms with Crippen LogP contribution in [0.3, 0.4) is 0 Å². The summed E-state index contributed by atoms with van der Waals surface area (Å²) in [5, 5.41) is 6.90. The first-order valence-corrected chi connectivity index (χ1v) is 7.37. The third-order valence-electron chi connectivity index (χ3n) is 3.51. The average molecular weight is 307 g/mol. The average Bonchev–Trinajstić information content (AvgIpc) is 2.95. The first kappa shape index (κ1) is 15.0. The van der Waals surface area contributed by atoms with Gasteiger partial charge in [0.1, 0.15) is 17.0 Å². The van der Waals surface area contributed by atoms with Gasteiger partial charge in [-0.2, -0.15) is 0 Å². The number of amides is 1. The normalized spacial score (nSPS) is 10.5. The lowest BCUT2D eigenvalue weighted by Crippen LogP contribution is -2.24. The number of hydrogen-bond acceptors (Lipinski definition) is 4. The van der Waals surface area contributed by atoms with Gasteiger partial charge in [0.2, 0.25) is 0 Å². The zero-order valence-electron chi connectivity index (χ0n) is 13.0. The Balaban J connectivity index is 1.81. The molecule has 1 N–H and O–H groups in total. The summed E-state index contributed by atoms with van der Waals surface area (Å²) >= 11 is 0. The zero-order chi connectivity index (χ0) is 16.2. The van der Waals surface area contributed by atoms with Crippen molar-refractivity contribution >= 4 is 5.91 Å². The van der Waals surface area contributed by atoms with Gasteiger partial charge in [0.15, 0.2) is 0 Å². The lowest BCUT2D eigenvalue weighted by atomic mass is 10.1. The molecular weight excluding hydrogens is 290 g/mol. The molecule has 0 aliphatic carbocycles. The van der Waals surface area contributed by atoms with Crippen LogP contribution < -0.4 is 5.32 Å². The molecule has 0 saturated heterocycles. The van der Waals surface area contributed by atoms with Crippen LogP contribution in [0.15, 0.2) is 53.1 Å². The maximum Gasteiger partial charge on any atom is 0.257 e. The number of benzene rings is 1. The van der Waals surface area contributed by atoms with Crippen molar-refractivity contribution in [1.29, 1.82) is 0 Å². The van der Waals surface area contributed by atoms with Crippen LogP contribution in [0, 0.1) is 13.8 Å². The van der Waals surface area contributed by atoms with Crippen LogP contribution in [-0.2, 0) is 6.54 Å². The molecule has 0 unspecified atom stereocenters. The second-order valence-corrected chi connectivity index (χ2v) is 5.28. The molecule has 0 fully saturated rings. The smallest absolute Gasteiger partial charge is 0.257 e. The van der Waals surface area contributed by atoms with Gasteiger partial charge in [0, 0.05) is 11.3 Å². The van der Waals surface area contributed by atoms with Gasteiger partial charge in [-0.05, 0) is 26.0 Å². The van der Waals surface area contributed by atoms with Crippen molar-refractivity contribution in [2.45, 2.75) is 20.4 Å². The molecule has 0 aliphatic heterocycles. The van der Waals surface area contributed by atoms with Crippen LogP contribution in [0.5, 0.6) is 0 Å². The van der Waals surface area contributed by atoms with Crippen molar-refractivity contribution in [3.8, 4) is 11.3 Å². The van der Waals surface area contributed by atoms with Crippen LogP contribution in [0.4, 0.5) is 0 Å². The first-order valence-electron chi connectivity index (χ1n) is 7.37. The fraction of sp³-hybridized carbons (Fsp3) is 0.167. The van der Waals surface area contributed by atoms with Gasteiger partial charge < -0.3 is 9.84 Å². The van der Waals surface area contributed by atoms with Gasteiger partial charge in [-0.15, -0.1) is 0 Å². The van der Waals surface area contributed by atoms with E-state index in [1.165, 1.54) is 0 Å². The number of carbonyl (C=O) groups is 1. The number of rotatable bonds is 4. The molecule has 1 amide bonds. The van der Waals surface area contributed by atoms with E-state index in [1.807, 2.05) is 55.5 Å². The van der Waals surface area contributed by atoms with Gasteiger partial charge in [-0.1, -0.05) is 41.6 Å². The number of hydrogen-bond donors (Lipinski definition) is 1. The number of nitrogens with zero attached hydrogens (tertiary/aromatic N) is 2. The minimum Gasteiger partial charge on any atom is -0.360 e. The fourth-order valence-electron chi connectivity index (χ4n) is 2.39. The van der Waals surface area contributed by atoms with Crippen molar-refractivity contribution in [3.63, 3.8) is 0 Å². The molecule has 23 heavy (non-hydrogen) atoms. The number of carbonyl (C=O) groups excluding carboxylic acids is 1. The van der Waals surface area contributed by atoms with Gasteiger partial charge in [0.05, 0.1) is 12.2 Å². The third kappa shape index (κ3) is 3.29. The van der Waals surface area contributed by atoms with Crippen molar-refractivity contribution in [3.05, 3.63) is 71.2 Å². The molecule has 0 radical (unpaired) electrons. The summed E-state index contributed by atoms with van der Waals surface area (Å²) in [6.07, 6.45) is 0. The van der Waals surface area contributed by atoms with Crippen LogP contribution in [-0.4, -0.2) is 16.0 Å². The molecule has 116 valence electrons. The SMILES string of the molecule is Cc1cccc(CNC(=O)c2c(-c3ccccc3)noc2C)n1. The molecule has 3 rings (SSSR count). The topological polar surface area (TPSA) is 68.0 Å². The largest absolute Gasteiger partial charge is 0.360 e. The van der Waals surface area contributed by atoms with Crippen LogP contribution in [0.25, 0.3) is 11.3 Å². The Bertz CT molecular complexity index is 825. The minimum absolute atomic E-state index is 0.217. The van der Waals surface area contributed by atoms with E-state index in [-0.39, 0.29) is 5.91 Å². The fourth-order valence-corrected chi connectivity index (χ4v) is 2.39.